The molecule has 1 aromatic heterocycles. The number of carbonyl (C=O) groups excluding carboxylic acids is 1. The van der Waals surface area contributed by atoms with Gasteiger partial charge in [-0.3, -0.25) is 4.79 Å². The maximum absolute atomic E-state index is 12.2. The lowest BCUT2D eigenvalue weighted by molar-refractivity contribution is 0.102. The molecule has 2 N–H and O–H groups in total. The molecule has 0 saturated carbocycles. The van der Waals surface area contributed by atoms with Crippen LogP contribution < -0.4 is 10.6 Å². The van der Waals surface area contributed by atoms with Crippen LogP contribution in [0.25, 0.3) is 0 Å². The highest BCUT2D eigenvalue weighted by Gasteiger charge is 2.11. The number of halogens is 2. The number of rotatable bonds is 3. The monoisotopic (exact) mass is 383 g/mol. The van der Waals surface area contributed by atoms with E-state index in [2.05, 4.69) is 47.5 Å². The molecule has 1 heterocycles. The highest BCUT2D eigenvalue weighted by atomic mass is 79.9. The highest BCUT2D eigenvalue weighted by molar-refractivity contribution is 9.11. The van der Waals surface area contributed by atoms with Gasteiger partial charge in [-0.15, -0.1) is 0 Å². The Morgan fingerprint density at radius 2 is 1.89 bits per heavy atom. The van der Waals surface area contributed by atoms with Crippen molar-refractivity contribution in [1.82, 2.24) is 4.98 Å². The van der Waals surface area contributed by atoms with Gasteiger partial charge in [0.2, 0.25) is 0 Å². The predicted octanol–water partition coefficient (Wildman–Crippen LogP) is 3.90. The maximum Gasteiger partial charge on any atom is 0.255 e. The molecular weight excluding hydrogens is 374 g/mol. The van der Waals surface area contributed by atoms with E-state index in [0.717, 1.165) is 8.95 Å². The Morgan fingerprint density at radius 3 is 2.53 bits per heavy atom. The minimum atomic E-state index is -0.188. The molecule has 2 aromatic rings. The van der Waals surface area contributed by atoms with E-state index in [1.54, 1.807) is 25.4 Å². The number of pyridine rings is 1. The van der Waals surface area contributed by atoms with Gasteiger partial charge in [0.1, 0.15) is 5.82 Å². The first-order valence-electron chi connectivity index (χ1n) is 5.51. The topological polar surface area (TPSA) is 54.0 Å². The molecule has 6 heteroatoms. The zero-order chi connectivity index (χ0) is 13.8. The lowest BCUT2D eigenvalue weighted by Gasteiger charge is -2.10. The van der Waals surface area contributed by atoms with Gasteiger partial charge in [0.05, 0.1) is 5.69 Å². The lowest BCUT2D eigenvalue weighted by Crippen LogP contribution is -2.13. The van der Waals surface area contributed by atoms with Crippen LogP contribution in [0.1, 0.15) is 10.4 Å². The second-order valence-corrected chi connectivity index (χ2v) is 5.44. The maximum atomic E-state index is 12.2. The Hall–Kier alpha value is -1.40. The van der Waals surface area contributed by atoms with Gasteiger partial charge >= 0.3 is 0 Å². The smallest absolute Gasteiger partial charge is 0.255 e. The van der Waals surface area contributed by atoms with Crippen molar-refractivity contribution in [3.05, 3.63) is 51.0 Å². The number of nitrogens with one attached hydrogen (secondary N) is 2. The normalized spacial score (nSPS) is 10.1. The Labute approximate surface area is 127 Å². The molecule has 0 unspecified atom stereocenters. The van der Waals surface area contributed by atoms with E-state index in [1.807, 2.05) is 18.2 Å². The van der Waals surface area contributed by atoms with Gasteiger partial charge in [0, 0.05) is 27.8 Å². The molecular formula is C13H11Br2N3O. The number of benzene rings is 1. The van der Waals surface area contributed by atoms with E-state index in [-0.39, 0.29) is 5.91 Å². The molecule has 1 aromatic carbocycles. The van der Waals surface area contributed by atoms with Crippen molar-refractivity contribution in [3.63, 3.8) is 0 Å². The molecule has 2 rings (SSSR count). The Kier molecular flexibility index (Phi) is 4.55. The second kappa shape index (κ2) is 6.16. The molecule has 0 spiro atoms. The molecule has 98 valence electrons. The summed E-state index contributed by atoms with van der Waals surface area (Å²) in [6.45, 7) is 0. The van der Waals surface area contributed by atoms with Crippen molar-refractivity contribution in [2.75, 3.05) is 17.7 Å². The minimum Gasteiger partial charge on any atom is -0.373 e. The van der Waals surface area contributed by atoms with Crippen molar-refractivity contribution in [2.45, 2.75) is 0 Å². The summed E-state index contributed by atoms with van der Waals surface area (Å²) in [7, 11) is 1.76. The summed E-state index contributed by atoms with van der Waals surface area (Å²) >= 11 is 6.81. The van der Waals surface area contributed by atoms with E-state index in [0.29, 0.717) is 17.1 Å². The predicted molar refractivity (Wildman–Crippen MR) is 83.6 cm³/mol. The molecule has 0 fully saturated rings. The zero-order valence-electron chi connectivity index (χ0n) is 10.1. The van der Waals surface area contributed by atoms with Crippen molar-refractivity contribution in [2.24, 2.45) is 0 Å². The molecule has 0 aliphatic rings. The van der Waals surface area contributed by atoms with Crippen LogP contribution in [0.15, 0.2) is 45.5 Å². The van der Waals surface area contributed by atoms with Gasteiger partial charge < -0.3 is 10.6 Å². The summed E-state index contributed by atoms with van der Waals surface area (Å²) in [5.41, 5.74) is 1.25. The average molecular weight is 385 g/mol. The van der Waals surface area contributed by atoms with Crippen LogP contribution in [0.4, 0.5) is 11.5 Å². The van der Waals surface area contributed by atoms with Crippen LogP contribution in [0, 0.1) is 0 Å². The third kappa shape index (κ3) is 3.33. The summed E-state index contributed by atoms with van der Waals surface area (Å²) in [5, 5.41) is 5.76. The van der Waals surface area contributed by atoms with Crippen molar-refractivity contribution >= 4 is 49.3 Å². The minimum absolute atomic E-state index is 0.188. The van der Waals surface area contributed by atoms with E-state index in [4.69, 9.17) is 0 Å². The zero-order valence-corrected chi connectivity index (χ0v) is 13.2. The first-order chi connectivity index (χ1) is 9.11. The fraction of sp³-hybridized carbons (Fsp3) is 0.0769. The number of carbonyl (C=O) groups is 1. The molecule has 0 aliphatic carbocycles. The Morgan fingerprint density at radius 1 is 1.21 bits per heavy atom. The van der Waals surface area contributed by atoms with Crippen molar-refractivity contribution < 1.29 is 4.79 Å². The SMILES string of the molecule is CNc1cc(C(=O)Nc2c(Br)cccc2Br)ccn1. The van der Waals surface area contributed by atoms with E-state index in [1.165, 1.54) is 0 Å². The molecule has 0 aliphatic heterocycles. The first kappa shape index (κ1) is 14.0. The third-order valence-electron chi connectivity index (χ3n) is 2.48. The molecule has 0 saturated heterocycles. The van der Waals surface area contributed by atoms with Gasteiger partial charge in [-0.2, -0.15) is 0 Å². The van der Waals surface area contributed by atoms with Crippen LogP contribution in [0.2, 0.25) is 0 Å². The number of nitrogens with zero attached hydrogens (tertiary/aromatic N) is 1. The quantitative estimate of drug-likeness (QED) is 0.843. The molecule has 0 radical (unpaired) electrons. The summed E-state index contributed by atoms with van der Waals surface area (Å²) in [5.74, 6) is 0.463. The molecule has 0 bridgehead atoms. The molecule has 19 heavy (non-hydrogen) atoms. The van der Waals surface area contributed by atoms with Gasteiger partial charge in [0.25, 0.3) is 5.91 Å². The Bertz CT molecular complexity index is 596. The average Bonchev–Trinajstić information content (AvgIpc) is 2.43. The largest absolute Gasteiger partial charge is 0.373 e. The van der Waals surface area contributed by atoms with E-state index in [9.17, 15) is 4.79 Å². The number of amides is 1. The summed E-state index contributed by atoms with van der Waals surface area (Å²) in [6, 6.07) is 8.98. The highest BCUT2D eigenvalue weighted by Crippen LogP contribution is 2.30. The van der Waals surface area contributed by atoms with Gasteiger partial charge in [-0.25, -0.2) is 4.98 Å². The van der Waals surface area contributed by atoms with Crippen LogP contribution in [-0.2, 0) is 0 Å². The molecule has 0 atom stereocenters. The summed E-state index contributed by atoms with van der Waals surface area (Å²) in [4.78, 5) is 16.3. The molecule has 1 amide bonds. The number of aromatic nitrogens is 1. The molecule has 4 nitrogen and oxygen atoms in total. The number of hydrogen-bond donors (Lipinski definition) is 2. The van der Waals surface area contributed by atoms with Gasteiger partial charge in [0.15, 0.2) is 0 Å². The van der Waals surface area contributed by atoms with Crippen LogP contribution in [-0.4, -0.2) is 17.9 Å². The van der Waals surface area contributed by atoms with Gasteiger partial charge in [-0.05, 0) is 56.1 Å². The van der Waals surface area contributed by atoms with Crippen molar-refractivity contribution in [3.8, 4) is 0 Å². The standard InChI is InChI=1S/C13H11Br2N3O/c1-16-11-7-8(5-6-17-11)13(19)18-12-9(14)3-2-4-10(12)15/h2-7H,1H3,(H,16,17)(H,18,19). The fourth-order valence-electron chi connectivity index (χ4n) is 1.51. The number of anilines is 2. The third-order valence-corrected chi connectivity index (χ3v) is 3.80. The van der Waals surface area contributed by atoms with Crippen LogP contribution in [0.5, 0.6) is 0 Å². The summed E-state index contributed by atoms with van der Waals surface area (Å²) < 4.78 is 1.64. The van der Waals surface area contributed by atoms with Crippen molar-refractivity contribution in [1.29, 1.82) is 0 Å². The number of para-hydroxylation sites is 1. The van der Waals surface area contributed by atoms with Crippen LogP contribution in [0.3, 0.4) is 0 Å². The Balaban J connectivity index is 2.25. The van der Waals surface area contributed by atoms with Gasteiger partial charge in [-0.1, -0.05) is 6.07 Å². The number of hydrogen-bond acceptors (Lipinski definition) is 3. The summed E-state index contributed by atoms with van der Waals surface area (Å²) in [6.07, 6.45) is 1.59. The first-order valence-corrected chi connectivity index (χ1v) is 7.09. The van der Waals surface area contributed by atoms with E-state index >= 15 is 0 Å². The fourth-order valence-corrected chi connectivity index (χ4v) is 2.71. The second-order valence-electron chi connectivity index (χ2n) is 3.73. The van der Waals surface area contributed by atoms with Crippen LogP contribution >= 0.6 is 31.9 Å². The lowest BCUT2D eigenvalue weighted by atomic mass is 10.2. The van der Waals surface area contributed by atoms with E-state index < -0.39 is 0 Å².